The maximum absolute atomic E-state index is 11.5. The van der Waals surface area contributed by atoms with Crippen LogP contribution in [-0.2, 0) is 24.4 Å². The molecule has 0 radical (unpaired) electrons. The van der Waals surface area contributed by atoms with Crippen LogP contribution >= 0.6 is 0 Å². The van der Waals surface area contributed by atoms with Gasteiger partial charge in [-0.1, -0.05) is 90.4 Å². The molecule has 180 valence electrons. The first kappa shape index (κ1) is 37.1. The molecule has 0 rings (SSSR count). The number of unbranched alkanes of at least 4 members (excludes halogenated alkanes) is 14. The first-order valence-electron chi connectivity index (χ1n) is 11.3. The van der Waals surface area contributed by atoms with Gasteiger partial charge in [0.15, 0.2) is 5.25 Å². The molecular weight excluding hydrogens is 454 g/mol. The Morgan fingerprint density at radius 2 is 1.22 bits per heavy atom. The van der Waals surface area contributed by atoms with Crippen LogP contribution in [0.2, 0.25) is 0 Å². The van der Waals surface area contributed by atoms with Gasteiger partial charge >= 0.3 is 71.1 Å². The molecule has 1 unspecified atom stereocenters. The molecule has 10 heteroatoms. The van der Waals surface area contributed by atoms with E-state index in [1.165, 1.54) is 77.0 Å². The van der Waals surface area contributed by atoms with Gasteiger partial charge in [-0.15, -0.1) is 0 Å². The molecule has 0 aliphatic carbocycles. The van der Waals surface area contributed by atoms with Crippen molar-refractivity contribution < 1.29 is 32.4 Å². The van der Waals surface area contributed by atoms with Gasteiger partial charge in [-0.05, 0) is 18.9 Å². The molecule has 0 saturated heterocycles. The molecule has 0 spiro atoms. The number of carbonyl (C=O) groups excluding carboxylic acids is 1. The van der Waals surface area contributed by atoms with Crippen molar-refractivity contribution in [3.8, 4) is 0 Å². The summed E-state index contributed by atoms with van der Waals surface area (Å²) < 4.78 is 35.2. The SMILES string of the molecule is CCCCCCCCCCCCCCCCC=COC(=O)CC(C(=O)O)S(=O)(=O)O.[NaH].[NaH]. The fraction of sp³-hybridized carbons (Fsp3) is 0.818. The molecule has 0 aliphatic heterocycles. The average Bonchev–Trinajstić information content (AvgIpc) is 2.67. The van der Waals surface area contributed by atoms with Crippen molar-refractivity contribution >= 4 is 81.2 Å². The van der Waals surface area contributed by atoms with E-state index in [9.17, 15) is 18.0 Å². The van der Waals surface area contributed by atoms with Crippen LogP contribution in [0.4, 0.5) is 0 Å². The maximum atomic E-state index is 11.5. The zero-order valence-electron chi connectivity index (χ0n) is 18.4. The monoisotopic (exact) mass is 496 g/mol. The fourth-order valence-corrected chi connectivity index (χ4v) is 3.77. The second-order valence-corrected chi connectivity index (χ2v) is 9.39. The minimum atomic E-state index is -4.85. The Morgan fingerprint density at radius 1 is 0.812 bits per heavy atom. The number of carbonyl (C=O) groups is 2. The molecule has 0 heterocycles. The summed E-state index contributed by atoms with van der Waals surface area (Å²) in [5.41, 5.74) is 0. The number of esters is 1. The average molecular weight is 497 g/mol. The Hall–Kier alpha value is 0.590. The van der Waals surface area contributed by atoms with E-state index in [0.717, 1.165) is 25.5 Å². The van der Waals surface area contributed by atoms with E-state index in [1.54, 1.807) is 6.08 Å². The van der Waals surface area contributed by atoms with Crippen molar-refractivity contribution in [3.05, 3.63) is 12.3 Å². The summed E-state index contributed by atoms with van der Waals surface area (Å²) in [7, 11) is -4.85. The molecule has 0 aliphatic rings. The van der Waals surface area contributed by atoms with E-state index in [1.807, 2.05) is 0 Å². The Labute approximate surface area is 238 Å². The van der Waals surface area contributed by atoms with Gasteiger partial charge in [0.2, 0.25) is 0 Å². The van der Waals surface area contributed by atoms with E-state index in [0.29, 0.717) is 0 Å². The predicted molar refractivity (Wildman–Crippen MR) is 132 cm³/mol. The van der Waals surface area contributed by atoms with E-state index in [2.05, 4.69) is 11.7 Å². The summed E-state index contributed by atoms with van der Waals surface area (Å²) in [6, 6.07) is 0. The number of hydrogen-bond donors (Lipinski definition) is 2. The third-order valence-corrected chi connectivity index (χ3v) is 6.09. The number of hydrogen-bond acceptors (Lipinski definition) is 5. The van der Waals surface area contributed by atoms with Crippen LogP contribution in [0.3, 0.4) is 0 Å². The Balaban J connectivity index is -0.00000420. The molecule has 0 aromatic carbocycles. The zero-order valence-corrected chi connectivity index (χ0v) is 19.2. The number of allylic oxidation sites excluding steroid dienone is 1. The molecule has 7 nitrogen and oxygen atoms in total. The summed E-state index contributed by atoms with van der Waals surface area (Å²) in [4.78, 5) is 22.2. The molecule has 0 fully saturated rings. The van der Waals surface area contributed by atoms with Crippen molar-refractivity contribution in [2.75, 3.05) is 0 Å². The quantitative estimate of drug-likeness (QED) is 0.0846. The van der Waals surface area contributed by atoms with Gasteiger partial charge in [0.1, 0.15) is 0 Å². The zero-order chi connectivity index (χ0) is 22.7. The second kappa shape index (κ2) is 24.7. The van der Waals surface area contributed by atoms with Gasteiger partial charge in [-0.2, -0.15) is 8.42 Å². The normalized spacial score (nSPS) is 12.1. The van der Waals surface area contributed by atoms with Crippen LogP contribution in [-0.4, -0.2) is 94.4 Å². The van der Waals surface area contributed by atoms with E-state index in [4.69, 9.17) is 9.66 Å². The predicted octanol–water partition coefficient (Wildman–Crippen LogP) is 4.35. The summed E-state index contributed by atoms with van der Waals surface area (Å²) in [5.74, 6) is -2.81. The van der Waals surface area contributed by atoms with Crippen LogP contribution < -0.4 is 0 Å². The Kier molecular flexibility index (Phi) is 28.7. The molecule has 0 saturated carbocycles. The van der Waals surface area contributed by atoms with E-state index < -0.39 is 33.7 Å². The van der Waals surface area contributed by atoms with Gasteiger partial charge in [0, 0.05) is 0 Å². The summed E-state index contributed by atoms with van der Waals surface area (Å²) >= 11 is 0. The van der Waals surface area contributed by atoms with Crippen LogP contribution in [0, 0.1) is 0 Å². The number of aliphatic carboxylic acids is 1. The van der Waals surface area contributed by atoms with Crippen molar-refractivity contribution in [2.45, 2.75) is 115 Å². The van der Waals surface area contributed by atoms with Crippen molar-refractivity contribution in [1.82, 2.24) is 0 Å². The van der Waals surface area contributed by atoms with E-state index in [-0.39, 0.29) is 59.1 Å². The van der Waals surface area contributed by atoms with Crippen LogP contribution in [0.15, 0.2) is 12.3 Å². The topological polar surface area (TPSA) is 118 Å². The number of carboxylic acid groups (broad SMARTS) is 1. The van der Waals surface area contributed by atoms with Crippen molar-refractivity contribution in [1.29, 1.82) is 0 Å². The molecule has 2 N–H and O–H groups in total. The van der Waals surface area contributed by atoms with Crippen molar-refractivity contribution in [2.24, 2.45) is 0 Å². The van der Waals surface area contributed by atoms with Gasteiger partial charge in [-0.25, -0.2) is 0 Å². The van der Waals surface area contributed by atoms with Gasteiger partial charge in [0.05, 0.1) is 12.7 Å². The molecule has 0 bridgehead atoms. The molecule has 32 heavy (non-hydrogen) atoms. The summed E-state index contributed by atoms with van der Waals surface area (Å²) in [6.45, 7) is 2.24. The minimum absolute atomic E-state index is 0. The Morgan fingerprint density at radius 3 is 1.59 bits per heavy atom. The molecule has 0 amide bonds. The van der Waals surface area contributed by atoms with Gasteiger partial charge in [0.25, 0.3) is 10.1 Å². The van der Waals surface area contributed by atoms with Crippen LogP contribution in [0.25, 0.3) is 0 Å². The number of carboxylic acids is 1. The third-order valence-electron chi connectivity index (χ3n) is 5.01. The Bertz CT molecular complexity index is 595. The van der Waals surface area contributed by atoms with Gasteiger partial charge < -0.3 is 9.84 Å². The fourth-order valence-electron chi connectivity index (χ4n) is 3.17. The standard InChI is InChI=1S/C22H40O7S.2Na.2H/c1-2-3-4-5-6-7-8-9-10-11-12-13-14-15-16-17-18-29-21(23)19-20(22(24)25)30(26,27)28;;;;/h17-18,20H,2-16,19H2,1H3,(H,24,25)(H,26,27,28);;;;. The summed E-state index contributed by atoms with van der Waals surface area (Å²) in [5, 5.41) is 6.51. The van der Waals surface area contributed by atoms with Gasteiger partial charge in [-0.3, -0.25) is 14.1 Å². The molecule has 1 atom stereocenters. The van der Waals surface area contributed by atoms with E-state index >= 15 is 0 Å². The van der Waals surface area contributed by atoms with Crippen molar-refractivity contribution in [3.63, 3.8) is 0 Å². The molecule has 0 aromatic heterocycles. The first-order valence-corrected chi connectivity index (χ1v) is 12.8. The third kappa shape index (κ3) is 23.7. The first-order chi connectivity index (χ1) is 14.3. The van der Waals surface area contributed by atoms with Crippen LogP contribution in [0.5, 0.6) is 0 Å². The molecule has 0 aromatic rings. The molecular formula is C22H42Na2O7S. The number of ether oxygens (including phenoxy) is 1. The second-order valence-electron chi connectivity index (χ2n) is 7.79. The number of rotatable bonds is 20. The summed E-state index contributed by atoms with van der Waals surface area (Å²) in [6.07, 6.45) is 20.5. The van der Waals surface area contributed by atoms with Crippen LogP contribution in [0.1, 0.15) is 110 Å².